The number of aliphatic hydroxyl groups is 1. The maximum absolute atomic E-state index is 10.2. The lowest BCUT2D eigenvalue weighted by molar-refractivity contribution is 0.0216. The molecule has 1 aromatic heterocycles. The topological polar surface area (TPSA) is 55.1 Å². The molecule has 2 aromatic rings. The maximum atomic E-state index is 10.2. The summed E-state index contributed by atoms with van der Waals surface area (Å²) in [5.74, 6) is 1.68. The summed E-state index contributed by atoms with van der Waals surface area (Å²) in [6, 6.07) is 11.7. The summed E-state index contributed by atoms with van der Waals surface area (Å²) in [4.78, 5) is 2.12. The highest BCUT2D eigenvalue weighted by Crippen LogP contribution is 2.16. The third-order valence-electron chi connectivity index (χ3n) is 3.51. The molecule has 0 radical (unpaired) electrons. The minimum absolute atomic E-state index is 0.277. The number of ether oxygens (including phenoxy) is 2. The van der Waals surface area contributed by atoms with Gasteiger partial charge in [-0.2, -0.15) is 0 Å². The van der Waals surface area contributed by atoms with Gasteiger partial charge in [-0.15, -0.1) is 6.58 Å². The summed E-state index contributed by atoms with van der Waals surface area (Å²) in [5.41, 5.74) is 1.11. The maximum Gasteiger partial charge on any atom is 0.119 e. The van der Waals surface area contributed by atoms with Gasteiger partial charge in [0.05, 0.1) is 39.2 Å². The molecule has 1 aromatic carbocycles. The first-order chi connectivity index (χ1) is 11.7. The van der Waals surface area contributed by atoms with E-state index in [4.69, 9.17) is 13.9 Å². The average Bonchev–Trinajstić information content (AvgIpc) is 3.08. The van der Waals surface area contributed by atoms with Crippen LogP contribution in [0.2, 0.25) is 0 Å². The molecule has 5 nitrogen and oxygen atoms in total. The van der Waals surface area contributed by atoms with Crippen molar-refractivity contribution in [3.63, 3.8) is 0 Å². The highest BCUT2D eigenvalue weighted by atomic mass is 16.5. The molecule has 0 fully saturated rings. The first-order valence-corrected chi connectivity index (χ1v) is 7.95. The van der Waals surface area contributed by atoms with Crippen molar-refractivity contribution in [2.45, 2.75) is 19.2 Å². The quantitative estimate of drug-likeness (QED) is 0.507. The van der Waals surface area contributed by atoms with Gasteiger partial charge >= 0.3 is 0 Å². The summed E-state index contributed by atoms with van der Waals surface area (Å²) >= 11 is 0. The fourth-order valence-electron chi connectivity index (χ4n) is 2.48. The van der Waals surface area contributed by atoms with Gasteiger partial charge in [0, 0.05) is 13.1 Å². The molecule has 0 saturated carbocycles. The van der Waals surface area contributed by atoms with Crippen molar-refractivity contribution >= 4 is 0 Å². The van der Waals surface area contributed by atoms with Gasteiger partial charge in [-0.25, -0.2) is 0 Å². The highest BCUT2D eigenvalue weighted by molar-refractivity contribution is 5.28. The Morgan fingerprint density at radius 3 is 2.88 bits per heavy atom. The van der Waals surface area contributed by atoms with Gasteiger partial charge in [0.1, 0.15) is 11.5 Å². The molecule has 0 aliphatic rings. The monoisotopic (exact) mass is 331 g/mol. The van der Waals surface area contributed by atoms with Crippen LogP contribution >= 0.6 is 0 Å². The van der Waals surface area contributed by atoms with Gasteiger partial charge < -0.3 is 19.0 Å². The van der Waals surface area contributed by atoms with Crippen molar-refractivity contribution in [3.8, 4) is 5.75 Å². The lowest BCUT2D eigenvalue weighted by Gasteiger charge is -2.24. The Kier molecular flexibility index (Phi) is 7.55. The minimum Gasteiger partial charge on any atom is -0.497 e. The highest BCUT2D eigenvalue weighted by Gasteiger charge is 2.14. The van der Waals surface area contributed by atoms with E-state index in [1.165, 1.54) is 0 Å². The first kappa shape index (κ1) is 18.3. The van der Waals surface area contributed by atoms with Crippen LogP contribution in [0.25, 0.3) is 0 Å². The molecule has 1 atom stereocenters. The molecule has 130 valence electrons. The Bertz CT molecular complexity index is 597. The van der Waals surface area contributed by atoms with E-state index in [2.05, 4.69) is 11.5 Å². The van der Waals surface area contributed by atoms with E-state index < -0.39 is 6.10 Å². The summed E-state index contributed by atoms with van der Waals surface area (Å²) in [6.07, 6.45) is 2.75. The molecule has 1 heterocycles. The Morgan fingerprint density at radius 2 is 2.17 bits per heavy atom. The second-order valence-electron chi connectivity index (χ2n) is 5.58. The second kappa shape index (κ2) is 9.93. The summed E-state index contributed by atoms with van der Waals surface area (Å²) in [6.45, 7) is 6.08. The Hall–Kier alpha value is -2.08. The Balaban J connectivity index is 1.99. The van der Waals surface area contributed by atoms with Crippen LogP contribution < -0.4 is 4.74 Å². The van der Waals surface area contributed by atoms with Crippen molar-refractivity contribution in [1.82, 2.24) is 4.90 Å². The van der Waals surface area contributed by atoms with Gasteiger partial charge in [0.2, 0.25) is 0 Å². The van der Waals surface area contributed by atoms with E-state index in [0.717, 1.165) is 17.1 Å². The Morgan fingerprint density at radius 1 is 1.29 bits per heavy atom. The van der Waals surface area contributed by atoms with Gasteiger partial charge in [-0.3, -0.25) is 4.90 Å². The van der Waals surface area contributed by atoms with Crippen molar-refractivity contribution < 1.29 is 19.0 Å². The van der Waals surface area contributed by atoms with E-state index in [-0.39, 0.29) is 6.61 Å². The fraction of sp³-hybridized carbons (Fsp3) is 0.368. The van der Waals surface area contributed by atoms with Crippen molar-refractivity contribution in [2.75, 3.05) is 26.9 Å². The molecule has 1 N–H and O–H groups in total. The van der Waals surface area contributed by atoms with Crippen LogP contribution in [0.3, 0.4) is 0 Å². The summed E-state index contributed by atoms with van der Waals surface area (Å²) < 4.78 is 16.0. The number of furan rings is 1. The zero-order chi connectivity index (χ0) is 17.2. The number of methoxy groups -OCH3 is 1. The second-order valence-corrected chi connectivity index (χ2v) is 5.58. The zero-order valence-corrected chi connectivity index (χ0v) is 14.1. The normalized spacial score (nSPS) is 12.3. The average molecular weight is 331 g/mol. The lowest BCUT2D eigenvalue weighted by Crippen LogP contribution is -2.34. The van der Waals surface area contributed by atoms with Crippen LogP contribution in [-0.4, -0.2) is 43.0 Å². The third-order valence-corrected chi connectivity index (χ3v) is 3.51. The van der Waals surface area contributed by atoms with Crippen molar-refractivity contribution in [2.24, 2.45) is 0 Å². The van der Waals surface area contributed by atoms with Crippen molar-refractivity contribution in [3.05, 3.63) is 66.6 Å². The molecule has 0 amide bonds. The SMILES string of the molecule is C=CCOCC(O)CN(Cc1cccc(OC)c1)Cc1ccco1. The van der Waals surface area contributed by atoms with E-state index in [1.54, 1.807) is 19.4 Å². The zero-order valence-electron chi connectivity index (χ0n) is 14.1. The van der Waals surface area contributed by atoms with E-state index in [0.29, 0.717) is 26.2 Å². The molecule has 2 rings (SSSR count). The number of aliphatic hydroxyl groups excluding tert-OH is 1. The van der Waals surface area contributed by atoms with Crippen LogP contribution in [0.5, 0.6) is 5.75 Å². The largest absolute Gasteiger partial charge is 0.497 e. The number of rotatable bonds is 11. The third kappa shape index (κ3) is 6.20. The summed E-state index contributed by atoms with van der Waals surface area (Å²) in [7, 11) is 1.65. The van der Waals surface area contributed by atoms with Crippen molar-refractivity contribution in [1.29, 1.82) is 0 Å². The minimum atomic E-state index is -0.578. The predicted molar refractivity (Wildman–Crippen MR) is 92.8 cm³/mol. The standard InChI is InChI=1S/C19H25NO4/c1-3-9-23-15-17(21)13-20(14-19-8-5-10-24-19)12-16-6-4-7-18(11-16)22-2/h3-8,10-11,17,21H,1,9,12-15H2,2H3. The van der Waals surface area contributed by atoms with Crippen LogP contribution in [0, 0.1) is 0 Å². The summed E-state index contributed by atoms with van der Waals surface area (Å²) in [5, 5.41) is 10.2. The molecular formula is C19H25NO4. The molecular weight excluding hydrogens is 306 g/mol. The molecule has 5 heteroatoms. The number of hydrogen-bond acceptors (Lipinski definition) is 5. The van der Waals surface area contributed by atoms with Gasteiger partial charge in [-0.1, -0.05) is 18.2 Å². The molecule has 0 aliphatic heterocycles. The molecule has 0 spiro atoms. The number of benzene rings is 1. The van der Waals surface area contributed by atoms with E-state index in [1.807, 2.05) is 36.4 Å². The predicted octanol–water partition coefficient (Wildman–Crippen LogP) is 2.85. The lowest BCUT2D eigenvalue weighted by atomic mass is 10.2. The molecule has 0 bridgehead atoms. The Labute approximate surface area is 143 Å². The number of hydrogen-bond donors (Lipinski definition) is 1. The van der Waals surface area contributed by atoms with Crippen LogP contribution in [-0.2, 0) is 17.8 Å². The van der Waals surface area contributed by atoms with Crippen LogP contribution in [0.1, 0.15) is 11.3 Å². The smallest absolute Gasteiger partial charge is 0.119 e. The van der Waals surface area contributed by atoms with Gasteiger partial charge in [0.25, 0.3) is 0 Å². The van der Waals surface area contributed by atoms with Gasteiger partial charge in [0.15, 0.2) is 0 Å². The van der Waals surface area contributed by atoms with Gasteiger partial charge in [-0.05, 0) is 29.8 Å². The molecule has 0 aliphatic carbocycles. The van der Waals surface area contributed by atoms with E-state index in [9.17, 15) is 5.11 Å². The van der Waals surface area contributed by atoms with Crippen LogP contribution in [0.4, 0.5) is 0 Å². The molecule has 24 heavy (non-hydrogen) atoms. The molecule has 1 unspecified atom stereocenters. The van der Waals surface area contributed by atoms with E-state index >= 15 is 0 Å². The number of nitrogens with zero attached hydrogens (tertiary/aromatic N) is 1. The molecule has 0 saturated heterocycles. The first-order valence-electron chi connectivity index (χ1n) is 7.95. The van der Waals surface area contributed by atoms with Crippen LogP contribution in [0.15, 0.2) is 59.7 Å². The fourth-order valence-corrected chi connectivity index (χ4v) is 2.48.